The average Bonchev–Trinajstić information content (AvgIpc) is 2.04. The standard InChI is InChI=1S/C10H13O/c1-8(2)9-6-4-5-7-10(9)11-3/h4-8H,1H2,2-3H3/t8-/m0/s1. The van der Waals surface area contributed by atoms with E-state index in [1.165, 1.54) is 0 Å². The zero-order chi connectivity index (χ0) is 8.27. The van der Waals surface area contributed by atoms with Gasteiger partial charge in [-0.05, 0) is 24.5 Å². The first-order valence-electron chi connectivity index (χ1n) is 3.71. The van der Waals surface area contributed by atoms with Crippen LogP contribution in [0, 0.1) is 6.92 Å². The highest BCUT2D eigenvalue weighted by Gasteiger charge is 2.04. The molecular formula is C10H13O. The Labute approximate surface area is 68.0 Å². The molecule has 0 amide bonds. The Morgan fingerprint density at radius 1 is 1.36 bits per heavy atom. The van der Waals surface area contributed by atoms with Crippen molar-refractivity contribution in [1.29, 1.82) is 0 Å². The second-order valence-corrected chi connectivity index (χ2v) is 2.64. The van der Waals surface area contributed by atoms with Crippen LogP contribution in [0.1, 0.15) is 18.4 Å². The molecule has 0 saturated carbocycles. The van der Waals surface area contributed by atoms with Gasteiger partial charge < -0.3 is 4.74 Å². The van der Waals surface area contributed by atoms with E-state index in [9.17, 15) is 0 Å². The van der Waals surface area contributed by atoms with Crippen molar-refractivity contribution in [1.82, 2.24) is 0 Å². The minimum absolute atomic E-state index is 0.283. The maximum atomic E-state index is 5.17. The minimum atomic E-state index is 0.283. The van der Waals surface area contributed by atoms with E-state index < -0.39 is 0 Å². The average molecular weight is 149 g/mol. The second-order valence-electron chi connectivity index (χ2n) is 2.64. The second kappa shape index (κ2) is 3.42. The van der Waals surface area contributed by atoms with E-state index in [1.54, 1.807) is 7.11 Å². The highest BCUT2D eigenvalue weighted by molar-refractivity contribution is 5.36. The molecule has 0 bridgehead atoms. The number of methoxy groups -OCH3 is 1. The van der Waals surface area contributed by atoms with Crippen LogP contribution in [0.25, 0.3) is 0 Å². The van der Waals surface area contributed by atoms with Gasteiger partial charge in [0.1, 0.15) is 5.75 Å². The number of ether oxygens (including phenoxy) is 1. The van der Waals surface area contributed by atoms with Crippen molar-refractivity contribution in [2.24, 2.45) is 0 Å². The molecule has 0 aromatic heterocycles. The van der Waals surface area contributed by atoms with Crippen LogP contribution in [0.2, 0.25) is 0 Å². The minimum Gasteiger partial charge on any atom is -0.496 e. The molecular weight excluding hydrogens is 136 g/mol. The van der Waals surface area contributed by atoms with Gasteiger partial charge in [-0.3, -0.25) is 0 Å². The van der Waals surface area contributed by atoms with Crippen LogP contribution in [0.3, 0.4) is 0 Å². The summed E-state index contributed by atoms with van der Waals surface area (Å²) in [7, 11) is 1.68. The molecule has 0 fully saturated rings. The predicted octanol–water partition coefficient (Wildman–Crippen LogP) is 2.63. The van der Waals surface area contributed by atoms with Gasteiger partial charge in [-0.15, -0.1) is 0 Å². The Morgan fingerprint density at radius 2 is 2.00 bits per heavy atom. The lowest BCUT2D eigenvalue weighted by Gasteiger charge is -2.09. The van der Waals surface area contributed by atoms with Crippen molar-refractivity contribution < 1.29 is 4.74 Å². The van der Waals surface area contributed by atoms with Gasteiger partial charge in [-0.25, -0.2) is 0 Å². The van der Waals surface area contributed by atoms with E-state index in [4.69, 9.17) is 4.74 Å². The van der Waals surface area contributed by atoms with Crippen molar-refractivity contribution in [2.75, 3.05) is 7.11 Å². The molecule has 1 atom stereocenters. The fraction of sp³-hybridized carbons (Fsp3) is 0.300. The van der Waals surface area contributed by atoms with E-state index in [-0.39, 0.29) is 5.92 Å². The molecule has 1 aromatic carbocycles. The van der Waals surface area contributed by atoms with Crippen LogP contribution in [0.4, 0.5) is 0 Å². The van der Waals surface area contributed by atoms with E-state index >= 15 is 0 Å². The van der Waals surface area contributed by atoms with Crippen LogP contribution >= 0.6 is 0 Å². The number of hydrogen-bond donors (Lipinski definition) is 0. The van der Waals surface area contributed by atoms with E-state index in [1.807, 2.05) is 24.3 Å². The molecule has 1 rings (SSSR count). The van der Waals surface area contributed by atoms with Crippen molar-refractivity contribution >= 4 is 0 Å². The lowest BCUT2D eigenvalue weighted by atomic mass is 10.0. The van der Waals surface area contributed by atoms with Crippen molar-refractivity contribution in [3.8, 4) is 5.75 Å². The number of para-hydroxylation sites is 1. The Kier molecular flexibility index (Phi) is 2.53. The Morgan fingerprint density at radius 3 is 2.45 bits per heavy atom. The smallest absolute Gasteiger partial charge is 0.122 e. The largest absolute Gasteiger partial charge is 0.496 e. The van der Waals surface area contributed by atoms with Gasteiger partial charge in [-0.1, -0.05) is 25.1 Å². The molecule has 0 spiro atoms. The maximum absolute atomic E-state index is 5.17. The normalized spacial score (nSPS) is 10.2. The number of hydrogen-bond acceptors (Lipinski definition) is 1. The molecule has 0 saturated heterocycles. The third-order valence-electron chi connectivity index (χ3n) is 1.67. The van der Waals surface area contributed by atoms with E-state index in [2.05, 4.69) is 13.8 Å². The van der Waals surface area contributed by atoms with Gasteiger partial charge in [0.2, 0.25) is 0 Å². The molecule has 0 aliphatic heterocycles. The first-order valence-corrected chi connectivity index (χ1v) is 3.71. The first kappa shape index (κ1) is 8.12. The molecule has 59 valence electrons. The summed E-state index contributed by atoms with van der Waals surface area (Å²) in [6.07, 6.45) is 0. The monoisotopic (exact) mass is 149 g/mol. The van der Waals surface area contributed by atoms with Crippen LogP contribution < -0.4 is 4.74 Å². The SMILES string of the molecule is [CH2][C@@H](C)c1ccccc1OC. The van der Waals surface area contributed by atoms with Gasteiger partial charge in [0.25, 0.3) is 0 Å². The molecule has 1 radical (unpaired) electrons. The molecule has 0 aliphatic carbocycles. The fourth-order valence-corrected chi connectivity index (χ4v) is 1.07. The molecule has 1 heteroatoms. The molecule has 0 heterocycles. The third-order valence-corrected chi connectivity index (χ3v) is 1.67. The van der Waals surface area contributed by atoms with E-state index in [0.29, 0.717) is 0 Å². The van der Waals surface area contributed by atoms with Crippen LogP contribution in [-0.4, -0.2) is 7.11 Å². The molecule has 1 aromatic rings. The Hall–Kier alpha value is -0.980. The maximum Gasteiger partial charge on any atom is 0.122 e. The quantitative estimate of drug-likeness (QED) is 0.628. The van der Waals surface area contributed by atoms with Gasteiger partial charge in [0.15, 0.2) is 0 Å². The predicted molar refractivity (Wildman–Crippen MR) is 46.8 cm³/mol. The van der Waals surface area contributed by atoms with Gasteiger partial charge in [0, 0.05) is 0 Å². The van der Waals surface area contributed by atoms with Crippen LogP contribution in [0.15, 0.2) is 24.3 Å². The van der Waals surface area contributed by atoms with Gasteiger partial charge in [0.05, 0.1) is 7.11 Å². The summed E-state index contributed by atoms with van der Waals surface area (Å²) in [5.41, 5.74) is 1.16. The van der Waals surface area contributed by atoms with Gasteiger partial charge in [-0.2, -0.15) is 0 Å². The van der Waals surface area contributed by atoms with Crippen molar-refractivity contribution in [2.45, 2.75) is 12.8 Å². The number of benzene rings is 1. The summed E-state index contributed by atoms with van der Waals surface area (Å²) in [5.74, 6) is 1.21. The summed E-state index contributed by atoms with van der Waals surface area (Å²) in [5, 5.41) is 0. The fourth-order valence-electron chi connectivity index (χ4n) is 1.07. The summed E-state index contributed by atoms with van der Waals surface area (Å²) < 4.78 is 5.17. The van der Waals surface area contributed by atoms with Crippen LogP contribution in [0.5, 0.6) is 5.75 Å². The summed E-state index contributed by atoms with van der Waals surface area (Å²) >= 11 is 0. The summed E-state index contributed by atoms with van der Waals surface area (Å²) in [6.45, 7) is 5.99. The van der Waals surface area contributed by atoms with Crippen molar-refractivity contribution in [3.05, 3.63) is 36.8 Å². The Balaban J connectivity index is 3.02. The van der Waals surface area contributed by atoms with E-state index in [0.717, 1.165) is 11.3 Å². The molecule has 0 unspecified atom stereocenters. The summed E-state index contributed by atoms with van der Waals surface area (Å²) in [4.78, 5) is 0. The molecule has 1 nitrogen and oxygen atoms in total. The third kappa shape index (κ3) is 1.73. The summed E-state index contributed by atoms with van der Waals surface area (Å²) in [6, 6.07) is 7.96. The zero-order valence-electron chi connectivity index (χ0n) is 7.00. The molecule has 0 N–H and O–H groups in total. The highest BCUT2D eigenvalue weighted by Crippen LogP contribution is 2.24. The number of rotatable bonds is 2. The first-order chi connectivity index (χ1) is 5.25. The Bertz CT molecular complexity index is 228. The van der Waals surface area contributed by atoms with Gasteiger partial charge >= 0.3 is 0 Å². The lowest BCUT2D eigenvalue weighted by Crippen LogP contribution is -1.92. The molecule has 0 aliphatic rings. The molecule has 11 heavy (non-hydrogen) atoms. The lowest BCUT2D eigenvalue weighted by molar-refractivity contribution is 0.408. The highest BCUT2D eigenvalue weighted by atomic mass is 16.5. The van der Waals surface area contributed by atoms with Crippen molar-refractivity contribution in [3.63, 3.8) is 0 Å². The topological polar surface area (TPSA) is 9.23 Å². The van der Waals surface area contributed by atoms with Crippen LogP contribution in [-0.2, 0) is 0 Å². The zero-order valence-corrected chi connectivity index (χ0v) is 7.00.